The Labute approximate surface area is 122 Å². The Morgan fingerprint density at radius 3 is 2.29 bits per heavy atom. The highest BCUT2D eigenvalue weighted by Crippen LogP contribution is 2.25. The summed E-state index contributed by atoms with van der Waals surface area (Å²) in [5, 5.41) is 1.97. The van der Waals surface area contributed by atoms with Crippen LogP contribution >= 0.6 is 0 Å². The third-order valence-electron chi connectivity index (χ3n) is 3.50. The van der Waals surface area contributed by atoms with E-state index in [2.05, 4.69) is 0 Å². The summed E-state index contributed by atoms with van der Waals surface area (Å²) in [4.78, 5) is 4.70. The minimum atomic E-state index is 0.832. The number of para-hydroxylation sites is 3. The molecule has 3 aromatic carbocycles. The van der Waals surface area contributed by atoms with Gasteiger partial charge in [0.2, 0.25) is 0 Å². The van der Waals surface area contributed by atoms with Gasteiger partial charge in [-0.1, -0.05) is 42.5 Å². The van der Waals surface area contributed by atoms with Crippen LogP contribution in [0.25, 0.3) is 5.76 Å². The SMILES string of the molecule is c1ccc(OC2=c3ccccc3=[N+]c3ccccc32)cc1. The molecular weight excluding hydrogens is 258 g/mol. The second-order valence-electron chi connectivity index (χ2n) is 4.89. The molecule has 0 aromatic heterocycles. The lowest BCUT2D eigenvalue weighted by Crippen LogP contribution is -2.35. The topological polar surface area (TPSA) is 23.3 Å². The molecule has 3 aromatic rings. The summed E-state index contributed by atoms with van der Waals surface area (Å²) in [6.45, 7) is 0. The summed E-state index contributed by atoms with van der Waals surface area (Å²) < 4.78 is 6.16. The van der Waals surface area contributed by atoms with Gasteiger partial charge in [-0.25, -0.2) is 0 Å². The van der Waals surface area contributed by atoms with Crippen LogP contribution in [-0.4, -0.2) is 0 Å². The van der Waals surface area contributed by atoms with Gasteiger partial charge in [0, 0.05) is 12.1 Å². The van der Waals surface area contributed by atoms with Gasteiger partial charge in [-0.15, -0.1) is 0 Å². The third kappa shape index (κ3) is 2.11. The zero-order valence-corrected chi connectivity index (χ0v) is 11.4. The lowest BCUT2D eigenvalue weighted by molar-refractivity contribution is 0.509. The number of nitrogens with zero attached hydrogens (tertiary/aromatic N) is 1. The first-order valence-corrected chi connectivity index (χ1v) is 6.92. The fourth-order valence-corrected chi connectivity index (χ4v) is 2.52. The molecule has 0 amide bonds. The summed E-state index contributed by atoms with van der Waals surface area (Å²) in [6, 6.07) is 26.0. The van der Waals surface area contributed by atoms with Gasteiger partial charge in [-0.2, -0.15) is 0 Å². The van der Waals surface area contributed by atoms with Crippen LogP contribution in [0, 0.1) is 0 Å². The molecule has 2 nitrogen and oxygen atoms in total. The maximum absolute atomic E-state index is 6.16. The van der Waals surface area contributed by atoms with Gasteiger partial charge in [-0.3, -0.25) is 0 Å². The van der Waals surface area contributed by atoms with Crippen molar-refractivity contribution >= 4 is 11.4 Å². The lowest BCUT2D eigenvalue weighted by Gasteiger charge is -2.11. The number of benzene rings is 3. The van der Waals surface area contributed by atoms with E-state index in [1.807, 2.05) is 78.9 Å². The van der Waals surface area contributed by atoms with E-state index in [1.165, 1.54) is 0 Å². The highest BCUT2D eigenvalue weighted by molar-refractivity contribution is 5.72. The van der Waals surface area contributed by atoms with Crippen LogP contribution in [0.15, 0.2) is 78.9 Å². The van der Waals surface area contributed by atoms with Crippen LogP contribution in [-0.2, 0) is 0 Å². The Bertz CT molecular complexity index is 914. The first-order valence-electron chi connectivity index (χ1n) is 6.92. The Balaban J connectivity index is 1.98. The van der Waals surface area contributed by atoms with Gasteiger partial charge in [-0.05, 0) is 24.3 Å². The molecule has 0 N–H and O–H groups in total. The molecule has 1 heterocycles. The molecule has 0 saturated carbocycles. The Morgan fingerprint density at radius 2 is 1.38 bits per heavy atom. The molecule has 0 atom stereocenters. The Kier molecular flexibility index (Phi) is 2.79. The van der Waals surface area contributed by atoms with Crippen molar-refractivity contribution in [3.8, 4) is 5.75 Å². The maximum atomic E-state index is 6.16. The van der Waals surface area contributed by atoms with E-state index in [9.17, 15) is 0 Å². The predicted molar refractivity (Wildman–Crippen MR) is 82.6 cm³/mol. The van der Waals surface area contributed by atoms with E-state index in [0.717, 1.165) is 33.3 Å². The van der Waals surface area contributed by atoms with E-state index < -0.39 is 0 Å². The summed E-state index contributed by atoms with van der Waals surface area (Å²) in [7, 11) is 0. The monoisotopic (exact) mass is 271 g/mol. The van der Waals surface area contributed by atoms with E-state index in [-0.39, 0.29) is 0 Å². The molecule has 0 saturated heterocycles. The van der Waals surface area contributed by atoms with Crippen molar-refractivity contribution in [2.24, 2.45) is 0 Å². The van der Waals surface area contributed by atoms with Crippen molar-refractivity contribution < 1.29 is 4.74 Å². The third-order valence-corrected chi connectivity index (χ3v) is 3.50. The number of hydrogen-bond acceptors (Lipinski definition) is 2. The van der Waals surface area contributed by atoms with Gasteiger partial charge in [0.15, 0.2) is 5.76 Å². The van der Waals surface area contributed by atoms with Crippen molar-refractivity contribution in [2.45, 2.75) is 0 Å². The minimum Gasteiger partial charge on any atom is -0.456 e. The quantitative estimate of drug-likeness (QED) is 0.702. The Morgan fingerprint density at radius 1 is 0.667 bits per heavy atom. The van der Waals surface area contributed by atoms with Crippen LogP contribution in [0.3, 0.4) is 0 Å². The van der Waals surface area contributed by atoms with Crippen molar-refractivity contribution in [2.75, 3.05) is 0 Å². The number of fused-ring (bicyclic) bond motifs is 2. The highest BCUT2D eigenvalue weighted by Gasteiger charge is 2.23. The standard InChI is InChI=1S/C19H13NO/c1-2-8-14(9-3-1)21-19-15-10-4-6-12-17(15)20-18-13-7-5-11-16(18)19/h1-13H/q+1. The van der Waals surface area contributed by atoms with Crippen LogP contribution in [0.5, 0.6) is 5.75 Å². The van der Waals surface area contributed by atoms with Gasteiger partial charge in [0.05, 0.1) is 15.8 Å². The summed E-state index contributed by atoms with van der Waals surface area (Å²) in [5.41, 5.74) is 1.97. The molecule has 21 heavy (non-hydrogen) atoms. The fourth-order valence-electron chi connectivity index (χ4n) is 2.52. The first kappa shape index (κ1) is 11.9. The zero-order valence-electron chi connectivity index (χ0n) is 11.4. The van der Waals surface area contributed by atoms with Crippen LogP contribution in [0.4, 0.5) is 5.69 Å². The van der Waals surface area contributed by atoms with E-state index in [4.69, 9.17) is 9.73 Å². The Hall–Kier alpha value is -2.87. The zero-order chi connectivity index (χ0) is 14.1. The predicted octanol–water partition coefficient (Wildman–Crippen LogP) is 2.52. The van der Waals surface area contributed by atoms with Crippen LogP contribution in [0.2, 0.25) is 0 Å². The largest absolute Gasteiger partial charge is 0.456 e. The average molecular weight is 271 g/mol. The molecule has 0 fully saturated rings. The summed E-state index contributed by atoms with van der Waals surface area (Å²) in [6.07, 6.45) is 0. The number of rotatable bonds is 2. The molecule has 0 bridgehead atoms. The van der Waals surface area contributed by atoms with Crippen LogP contribution < -0.4 is 20.3 Å². The van der Waals surface area contributed by atoms with Gasteiger partial charge in [0.1, 0.15) is 5.75 Å². The van der Waals surface area contributed by atoms with Crippen molar-refractivity contribution in [3.05, 3.63) is 95.0 Å². The van der Waals surface area contributed by atoms with E-state index in [0.29, 0.717) is 0 Å². The maximum Gasteiger partial charge on any atom is 0.288 e. The van der Waals surface area contributed by atoms with E-state index >= 15 is 0 Å². The molecule has 0 aliphatic carbocycles. The second-order valence-corrected chi connectivity index (χ2v) is 4.89. The number of ether oxygens (including phenoxy) is 1. The van der Waals surface area contributed by atoms with E-state index in [1.54, 1.807) is 0 Å². The van der Waals surface area contributed by atoms with Crippen molar-refractivity contribution in [3.63, 3.8) is 0 Å². The smallest absolute Gasteiger partial charge is 0.288 e. The molecule has 1 radical (unpaired) electrons. The van der Waals surface area contributed by atoms with Gasteiger partial charge >= 0.3 is 0 Å². The minimum absolute atomic E-state index is 0.832. The van der Waals surface area contributed by atoms with Crippen molar-refractivity contribution in [1.82, 2.24) is 4.99 Å². The molecule has 0 spiro atoms. The molecule has 1 aliphatic rings. The molecule has 2 heteroatoms. The molecule has 0 unspecified atom stereocenters. The average Bonchev–Trinajstić information content (AvgIpc) is 2.55. The fraction of sp³-hybridized carbons (Fsp3) is 0. The van der Waals surface area contributed by atoms with Gasteiger partial charge < -0.3 is 4.74 Å². The van der Waals surface area contributed by atoms with Gasteiger partial charge in [0.25, 0.3) is 11.0 Å². The molecular formula is C19H13NO+. The normalized spacial score (nSPS) is 12.1. The summed E-state index contributed by atoms with van der Waals surface area (Å²) in [5.74, 6) is 1.70. The molecule has 99 valence electrons. The molecule has 4 rings (SSSR count). The summed E-state index contributed by atoms with van der Waals surface area (Å²) >= 11 is 0. The highest BCUT2D eigenvalue weighted by atomic mass is 16.5. The first-order chi connectivity index (χ1) is 10.4. The van der Waals surface area contributed by atoms with Crippen LogP contribution in [0.1, 0.15) is 5.56 Å². The lowest BCUT2D eigenvalue weighted by atomic mass is 10.1. The second kappa shape index (κ2) is 4.91. The van der Waals surface area contributed by atoms with Crippen molar-refractivity contribution in [1.29, 1.82) is 0 Å². The molecule has 1 aliphatic heterocycles. The number of hydrogen-bond donors (Lipinski definition) is 0.